The van der Waals surface area contributed by atoms with Crippen molar-refractivity contribution < 1.29 is 4.79 Å². The first-order valence-corrected chi connectivity index (χ1v) is 6.80. The molecule has 0 saturated heterocycles. The van der Waals surface area contributed by atoms with Gasteiger partial charge >= 0.3 is 0 Å². The number of carbonyl (C=O) groups excluding carboxylic acids is 1. The summed E-state index contributed by atoms with van der Waals surface area (Å²) in [6, 6.07) is 3.35. The van der Waals surface area contributed by atoms with E-state index in [-0.39, 0.29) is 11.1 Å². The summed E-state index contributed by atoms with van der Waals surface area (Å²) in [5.41, 5.74) is 5.23. The average molecular weight is 288 g/mol. The van der Waals surface area contributed by atoms with Crippen LogP contribution in [-0.2, 0) is 5.41 Å². The predicted octanol–water partition coefficient (Wildman–Crippen LogP) is 1.49. The Bertz CT molecular complexity index is 656. The first kappa shape index (κ1) is 15.0. The maximum atomic E-state index is 11.1. The van der Waals surface area contributed by atoms with Gasteiger partial charge in [0.2, 0.25) is 0 Å². The number of hydrogen-bond donors (Lipinski definition) is 2. The van der Waals surface area contributed by atoms with Gasteiger partial charge in [-0.2, -0.15) is 5.10 Å². The van der Waals surface area contributed by atoms with Crippen LogP contribution in [0.1, 0.15) is 44.0 Å². The zero-order valence-corrected chi connectivity index (χ0v) is 12.7. The summed E-state index contributed by atoms with van der Waals surface area (Å²) in [6.07, 6.45) is 1.66. The van der Waals surface area contributed by atoms with Crippen molar-refractivity contribution in [1.29, 1.82) is 0 Å². The normalized spacial score (nSPS) is 11.4. The number of rotatable bonds is 4. The Morgan fingerprint density at radius 2 is 2.10 bits per heavy atom. The molecule has 0 spiro atoms. The molecular formula is C14H20N6O. The summed E-state index contributed by atoms with van der Waals surface area (Å²) in [5, 5.41) is 7.30. The van der Waals surface area contributed by atoms with Crippen LogP contribution in [-0.4, -0.2) is 32.2 Å². The summed E-state index contributed by atoms with van der Waals surface area (Å²) >= 11 is 0. The molecule has 0 radical (unpaired) electrons. The van der Waals surface area contributed by atoms with Crippen molar-refractivity contribution in [3.05, 3.63) is 29.8 Å². The van der Waals surface area contributed by atoms with Gasteiger partial charge in [-0.25, -0.2) is 14.6 Å². The maximum Gasteiger partial charge on any atom is 0.269 e. The van der Waals surface area contributed by atoms with Gasteiger partial charge in [0.1, 0.15) is 17.3 Å². The molecule has 2 aromatic rings. The maximum absolute atomic E-state index is 11.1. The van der Waals surface area contributed by atoms with Crippen LogP contribution in [0, 0.1) is 0 Å². The Balaban J connectivity index is 2.50. The van der Waals surface area contributed by atoms with E-state index in [2.05, 4.69) is 20.4 Å². The molecule has 0 aliphatic rings. The molecule has 7 nitrogen and oxygen atoms in total. The topological polar surface area (TPSA) is 98.7 Å². The van der Waals surface area contributed by atoms with Crippen molar-refractivity contribution in [3.8, 4) is 5.82 Å². The lowest BCUT2D eigenvalue weighted by atomic mass is 9.96. The molecule has 2 heterocycles. The van der Waals surface area contributed by atoms with Gasteiger partial charge in [-0.15, -0.1) is 0 Å². The zero-order chi connectivity index (χ0) is 15.6. The fourth-order valence-electron chi connectivity index (χ4n) is 1.74. The summed E-state index contributed by atoms with van der Waals surface area (Å²) in [4.78, 5) is 20.2. The second kappa shape index (κ2) is 5.51. The number of nitrogens with one attached hydrogen (secondary N) is 1. The number of aromatic nitrogens is 4. The largest absolute Gasteiger partial charge is 0.370 e. The van der Waals surface area contributed by atoms with E-state index in [4.69, 9.17) is 5.73 Å². The van der Waals surface area contributed by atoms with Crippen molar-refractivity contribution in [2.24, 2.45) is 5.73 Å². The van der Waals surface area contributed by atoms with Gasteiger partial charge in [-0.3, -0.25) is 4.79 Å². The van der Waals surface area contributed by atoms with Crippen LogP contribution < -0.4 is 11.1 Å². The van der Waals surface area contributed by atoms with Crippen molar-refractivity contribution in [2.45, 2.75) is 33.1 Å². The molecular weight excluding hydrogens is 268 g/mol. The molecule has 1 amide bonds. The first-order valence-electron chi connectivity index (χ1n) is 6.80. The number of amides is 1. The van der Waals surface area contributed by atoms with E-state index in [1.165, 1.54) is 4.68 Å². The Morgan fingerprint density at radius 1 is 1.38 bits per heavy atom. The molecule has 0 fully saturated rings. The summed E-state index contributed by atoms with van der Waals surface area (Å²) < 4.78 is 1.53. The highest BCUT2D eigenvalue weighted by atomic mass is 16.1. The number of carbonyl (C=O) groups is 1. The Labute approximate surface area is 123 Å². The fourth-order valence-corrected chi connectivity index (χ4v) is 1.74. The van der Waals surface area contributed by atoms with E-state index in [0.29, 0.717) is 11.6 Å². The van der Waals surface area contributed by atoms with Crippen LogP contribution in [0.15, 0.2) is 18.3 Å². The molecule has 112 valence electrons. The minimum atomic E-state index is -0.564. The number of nitrogens with zero attached hydrogens (tertiary/aromatic N) is 4. The third-order valence-electron chi connectivity index (χ3n) is 2.82. The standard InChI is InChI=1S/C14H20N6O/c1-5-16-10-8-11(18-13(17-10)14(2,3)4)20-7-6-9(19-20)12(15)21/h6-8H,5H2,1-4H3,(H2,15,21)(H,16,17,18). The summed E-state index contributed by atoms with van der Waals surface area (Å²) in [5.74, 6) is 1.46. The van der Waals surface area contributed by atoms with Crippen molar-refractivity contribution in [2.75, 3.05) is 11.9 Å². The molecule has 0 aromatic carbocycles. The Hall–Kier alpha value is -2.44. The van der Waals surface area contributed by atoms with E-state index in [0.717, 1.165) is 12.4 Å². The predicted molar refractivity (Wildman–Crippen MR) is 80.5 cm³/mol. The lowest BCUT2D eigenvalue weighted by Crippen LogP contribution is -2.19. The second-order valence-corrected chi connectivity index (χ2v) is 5.73. The van der Waals surface area contributed by atoms with E-state index in [9.17, 15) is 4.79 Å². The lowest BCUT2D eigenvalue weighted by Gasteiger charge is -2.18. The molecule has 0 aliphatic carbocycles. The minimum absolute atomic E-state index is 0.195. The molecule has 0 unspecified atom stereocenters. The van der Waals surface area contributed by atoms with Gasteiger partial charge in [0.05, 0.1) is 0 Å². The van der Waals surface area contributed by atoms with Crippen molar-refractivity contribution in [3.63, 3.8) is 0 Å². The molecule has 0 atom stereocenters. The number of primary amides is 1. The SMILES string of the molecule is CCNc1cc(-n2ccc(C(N)=O)n2)nc(C(C)(C)C)n1. The fraction of sp³-hybridized carbons (Fsp3) is 0.429. The molecule has 0 saturated carbocycles. The van der Waals surface area contributed by atoms with Gasteiger partial charge in [0.25, 0.3) is 5.91 Å². The third kappa shape index (κ3) is 3.36. The number of nitrogens with two attached hydrogens (primary N) is 1. The van der Waals surface area contributed by atoms with Gasteiger partial charge in [-0.05, 0) is 13.0 Å². The summed E-state index contributed by atoms with van der Waals surface area (Å²) in [6.45, 7) is 8.88. The van der Waals surface area contributed by atoms with E-state index in [1.54, 1.807) is 18.3 Å². The molecule has 3 N–H and O–H groups in total. The first-order chi connectivity index (χ1) is 9.81. The molecule has 2 aromatic heterocycles. The van der Waals surface area contributed by atoms with E-state index >= 15 is 0 Å². The summed E-state index contributed by atoms with van der Waals surface area (Å²) in [7, 11) is 0. The minimum Gasteiger partial charge on any atom is -0.370 e. The molecule has 0 aliphatic heterocycles. The quantitative estimate of drug-likeness (QED) is 0.888. The van der Waals surface area contributed by atoms with Gasteiger partial charge in [0, 0.05) is 24.2 Å². The third-order valence-corrected chi connectivity index (χ3v) is 2.82. The average Bonchev–Trinajstić information content (AvgIpc) is 2.87. The Kier molecular flexibility index (Phi) is 3.93. The highest BCUT2D eigenvalue weighted by molar-refractivity contribution is 5.90. The monoisotopic (exact) mass is 288 g/mol. The van der Waals surface area contributed by atoms with Gasteiger partial charge in [0.15, 0.2) is 5.82 Å². The van der Waals surface area contributed by atoms with Crippen LogP contribution in [0.2, 0.25) is 0 Å². The van der Waals surface area contributed by atoms with Gasteiger partial charge < -0.3 is 11.1 Å². The van der Waals surface area contributed by atoms with E-state index in [1.807, 2.05) is 27.7 Å². The van der Waals surface area contributed by atoms with Crippen LogP contribution in [0.4, 0.5) is 5.82 Å². The van der Waals surface area contributed by atoms with Crippen LogP contribution in [0.5, 0.6) is 0 Å². The second-order valence-electron chi connectivity index (χ2n) is 5.73. The molecule has 0 bridgehead atoms. The molecule has 21 heavy (non-hydrogen) atoms. The molecule has 7 heteroatoms. The van der Waals surface area contributed by atoms with Crippen LogP contribution >= 0.6 is 0 Å². The van der Waals surface area contributed by atoms with Crippen LogP contribution in [0.3, 0.4) is 0 Å². The number of hydrogen-bond acceptors (Lipinski definition) is 5. The zero-order valence-electron chi connectivity index (χ0n) is 12.7. The van der Waals surface area contributed by atoms with Crippen molar-refractivity contribution >= 4 is 11.7 Å². The van der Waals surface area contributed by atoms with Crippen molar-refractivity contribution in [1.82, 2.24) is 19.7 Å². The van der Waals surface area contributed by atoms with E-state index < -0.39 is 5.91 Å². The Morgan fingerprint density at radius 3 is 2.62 bits per heavy atom. The number of anilines is 1. The highest BCUT2D eigenvalue weighted by Crippen LogP contribution is 2.21. The highest BCUT2D eigenvalue weighted by Gasteiger charge is 2.20. The van der Waals surface area contributed by atoms with Crippen LogP contribution in [0.25, 0.3) is 5.82 Å². The van der Waals surface area contributed by atoms with Gasteiger partial charge in [-0.1, -0.05) is 20.8 Å². The molecule has 2 rings (SSSR count). The lowest BCUT2D eigenvalue weighted by molar-refractivity contribution is 0.0995. The smallest absolute Gasteiger partial charge is 0.269 e.